The smallest absolute Gasteiger partial charge is 0.255 e. The predicted octanol–water partition coefficient (Wildman–Crippen LogP) is 3.14. The number of benzene rings is 1. The molecule has 2 bridgehead atoms. The molecule has 3 aromatic rings. The fourth-order valence-corrected chi connectivity index (χ4v) is 4.91. The number of piperidine rings is 1. The van der Waals surface area contributed by atoms with E-state index >= 15 is 0 Å². The van der Waals surface area contributed by atoms with Crippen molar-refractivity contribution in [1.82, 2.24) is 9.55 Å². The summed E-state index contributed by atoms with van der Waals surface area (Å²) in [5, 5.41) is 2.88. The van der Waals surface area contributed by atoms with Crippen LogP contribution in [0.1, 0.15) is 28.4 Å². The molecule has 2 aliphatic heterocycles. The van der Waals surface area contributed by atoms with E-state index < -0.39 is 0 Å². The minimum Gasteiger partial charge on any atom is -0.493 e. The first kappa shape index (κ1) is 21.1. The first-order chi connectivity index (χ1) is 16.1. The number of rotatable bonds is 5. The molecule has 170 valence electrons. The highest BCUT2D eigenvalue weighted by atomic mass is 16.5. The van der Waals surface area contributed by atoms with E-state index in [1.54, 1.807) is 37.6 Å². The molecule has 1 N–H and O–H groups in total. The fourth-order valence-electron chi connectivity index (χ4n) is 4.91. The van der Waals surface area contributed by atoms with Crippen molar-refractivity contribution in [1.29, 1.82) is 0 Å². The van der Waals surface area contributed by atoms with Gasteiger partial charge in [-0.15, -0.1) is 0 Å². The average Bonchev–Trinajstić information content (AvgIpc) is 2.84. The minimum absolute atomic E-state index is 0.0864. The molecular formula is C25H26N4O4. The van der Waals surface area contributed by atoms with Crippen molar-refractivity contribution >= 4 is 17.4 Å². The Kier molecular flexibility index (Phi) is 5.50. The third kappa shape index (κ3) is 4.04. The third-order valence-electron chi connectivity index (χ3n) is 6.46. The van der Waals surface area contributed by atoms with Crippen LogP contribution in [0.5, 0.6) is 11.5 Å². The summed E-state index contributed by atoms with van der Waals surface area (Å²) in [5.41, 5.74) is 2.28. The van der Waals surface area contributed by atoms with Crippen molar-refractivity contribution < 1.29 is 14.3 Å². The summed E-state index contributed by atoms with van der Waals surface area (Å²) in [5.74, 6) is 2.43. The number of nitrogens with zero attached hydrogens (tertiary/aromatic N) is 3. The lowest BCUT2D eigenvalue weighted by molar-refractivity contribution is 0.102. The molecule has 0 radical (unpaired) electrons. The van der Waals surface area contributed by atoms with Gasteiger partial charge in [0, 0.05) is 42.9 Å². The van der Waals surface area contributed by atoms with E-state index in [4.69, 9.17) is 9.47 Å². The number of hydrogen-bond acceptors (Lipinski definition) is 6. The van der Waals surface area contributed by atoms with Crippen molar-refractivity contribution in [2.75, 3.05) is 37.5 Å². The Morgan fingerprint density at radius 1 is 1.03 bits per heavy atom. The summed E-state index contributed by atoms with van der Waals surface area (Å²) in [4.78, 5) is 31.8. The fraction of sp³-hybridized carbons (Fsp3) is 0.320. The van der Waals surface area contributed by atoms with Gasteiger partial charge in [-0.2, -0.15) is 0 Å². The molecule has 0 aliphatic carbocycles. The number of aromatic nitrogens is 2. The maximum absolute atomic E-state index is 12.7. The number of fused-ring (bicyclic) bond motifs is 4. The highest BCUT2D eigenvalue weighted by molar-refractivity contribution is 6.04. The minimum atomic E-state index is -0.250. The number of carbonyl (C=O) groups is 1. The van der Waals surface area contributed by atoms with Crippen LogP contribution in [0.4, 0.5) is 11.5 Å². The molecule has 8 heteroatoms. The lowest BCUT2D eigenvalue weighted by atomic mass is 9.83. The molecule has 33 heavy (non-hydrogen) atoms. The van der Waals surface area contributed by atoms with E-state index in [1.807, 2.05) is 22.8 Å². The normalized spacial score (nSPS) is 18.9. The summed E-state index contributed by atoms with van der Waals surface area (Å²) >= 11 is 0. The Hall–Kier alpha value is -3.81. The molecule has 2 aliphatic rings. The van der Waals surface area contributed by atoms with Crippen LogP contribution in [-0.2, 0) is 6.54 Å². The van der Waals surface area contributed by atoms with Crippen LogP contribution in [0.3, 0.4) is 0 Å². The van der Waals surface area contributed by atoms with Gasteiger partial charge in [-0.05, 0) is 48.7 Å². The maximum atomic E-state index is 12.7. The van der Waals surface area contributed by atoms with E-state index in [0.717, 1.165) is 37.6 Å². The van der Waals surface area contributed by atoms with Crippen molar-refractivity contribution in [2.24, 2.45) is 5.92 Å². The molecule has 0 saturated carbocycles. The zero-order chi connectivity index (χ0) is 22.9. The summed E-state index contributed by atoms with van der Waals surface area (Å²) < 4.78 is 12.4. The van der Waals surface area contributed by atoms with Gasteiger partial charge in [0.25, 0.3) is 11.5 Å². The Balaban J connectivity index is 1.29. The van der Waals surface area contributed by atoms with Crippen LogP contribution in [0.15, 0.2) is 59.5 Å². The van der Waals surface area contributed by atoms with Gasteiger partial charge in [-0.3, -0.25) is 9.59 Å². The standard InChI is InChI=1S/C25H26N4O4/c1-32-21-8-6-17(11-22(21)33-2)25(31)27-19-7-9-23(26-12-19)28-13-16-10-18(15-28)20-4-3-5-24(30)29(20)14-16/h3-9,11-12,16,18H,10,13-15H2,1-2H3,(H,27,31)/t16-,18+/m1/s1. The quantitative estimate of drug-likeness (QED) is 0.648. The van der Waals surface area contributed by atoms with E-state index in [9.17, 15) is 9.59 Å². The predicted molar refractivity (Wildman–Crippen MR) is 125 cm³/mol. The van der Waals surface area contributed by atoms with Gasteiger partial charge >= 0.3 is 0 Å². The summed E-state index contributed by atoms with van der Waals surface area (Å²) in [6.07, 6.45) is 2.77. The second-order valence-electron chi connectivity index (χ2n) is 8.53. The van der Waals surface area contributed by atoms with Gasteiger partial charge in [-0.25, -0.2) is 4.98 Å². The first-order valence-electron chi connectivity index (χ1n) is 11.0. The van der Waals surface area contributed by atoms with E-state index in [0.29, 0.717) is 34.6 Å². The first-order valence-corrected chi connectivity index (χ1v) is 11.0. The number of pyridine rings is 2. The van der Waals surface area contributed by atoms with Crippen LogP contribution in [0.25, 0.3) is 0 Å². The van der Waals surface area contributed by atoms with E-state index in [-0.39, 0.29) is 11.5 Å². The molecule has 4 heterocycles. The maximum Gasteiger partial charge on any atom is 0.255 e. The molecule has 1 aromatic carbocycles. The number of nitrogens with one attached hydrogen (secondary N) is 1. The SMILES string of the molecule is COc1ccc(C(=O)Nc2ccc(N3C[C@H]4C[C@@H](C3)c3cccc(=O)n3C4)nc2)cc1OC. The Bertz CT molecular complexity index is 1240. The molecule has 2 aromatic heterocycles. The summed E-state index contributed by atoms with van der Waals surface area (Å²) in [6.45, 7) is 2.44. The van der Waals surface area contributed by atoms with Crippen molar-refractivity contribution in [3.05, 3.63) is 76.3 Å². The van der Waals surface area contributed by atoms with Crippen LogP contribution >= 0.6 is 0 Å². The molecule has 0 spiro atoms. The van der Waals surface area contributed by atoms with Gasteiger partial charge < -0.3 is 24.3 Å². The Labute approximate surface area is 191 Å². The van der Waals surface area contributed by atoms with Crippen molar-refractivity contribution in [2.45, 2.75) is 18.9 Å². The summed E-state index contributed by atoms with van der Waals surface area (Å²) in [7, 11) is 3.09. The van der Waals surface area contributed by atoms with Crippen LogP contribution < -0.4 is 25.2 Å². The second-order valence-corrected chi connectivity index (χ2v) is 8.53. The van der Waals surface area contributed by atoms with Crippen LogP contribution in [-0.4, -0.2) is 42.8 Å². The number of amides is 1. The Morgan fingerprint density at radius 3 is 2.64 bits per heavy atom. The van der Waals surface area contributed by atoms with Crippen LogP contribution in [0, 0.1) is 5.92 Å². The number of methoxy groups -OCH3 is 2. The summed E-state index contributed by atoms with van der Waals surface area (Å²) in [6, 6.07) is 14.4. The molecule has 1 saturated heterocycles. The number of ether oxygens (including phenoxy) is 2. The zero-order valence-electron chi connectivity index (χ0n) is 18.7. The number of carbonyl (C=O) groups excluding carboxylic acids is 1. The highest BCUT2D eigenvalue weighted by Gasteiger charge is 2.34. The van der Waals surface area contributed by atoms with Crippen molar-refractivity contribution in [3.8, 4) is 11.5 Å². The largest absolute Gasteiger partial charge is 0.493 e. The monoisotopic (exact) mass is 446 g/mol. The van der Waals surface area contributed by atoms with Gasteiger partial charge in [0.15, 0.2) is 11.5 Å². The molecule has 5 rings (SSSR count). The molecule has 1 fully saturated rings. The average molecular weight is 447 g/mol. The molecule has 2 atom stereocenters. The number of anilines is 2. The third-order valence-corrected chi connectivity index (χ3v) is 6.46. The lowest BCUT2D eigenvalue weighted by Crippen LogP contribution is -2.47. The molecular weight excluding hydrogens is 420 g/mol. The van der Waals surface area contributed by atoms with Gasteiger partial charge in [0.2, 0.25) is 0 Å². The van der Waals surface area contributed by atoms with Gasteiger partial charge in [0.05, 0.1) is 26.1 Å². The van der Waals surface area contributed by atoms with Gasteiger partial charge in [0.1, 0.15) is 5.82 Å². The zero-order valence-corrected chi connectivity index (χ0v) is 18.7. The molecule has 1 amide bonds. The van der Waals surface area contributed by atoms with E-state index in [1.165, 1.54) is 7.11 Å². The molecule has 8 nitrogen and oxygen atoms in total. The van der Waals surface area contributed by atoms with Gasteiger partial charge in [-0.1, -0.05) is 6.07 Å². The topological polar surface area (TPSA) is 85.7 Å². The lowest BCUT2D eigenvalue weighted by Gasteiger charge is -2.43. The molecule has 0 unspecified atom stereocenters. The second kappa shape index (κ2) is 8.61. The van der Waals surface area contributed by atoms with Crippen LogP contribution in [0.2, 0.25) is 0 Å². The number of hydrogen-bond donors (Lipinski definition) is 1. The Morgan fingerprint density at radius 2 is 1.88 bits per heavy atom. The van der Waals surface area contributed by atoms with E-state index in [2.05, 4.69) is 21.3 Å². The highest BCUT2D eigenvalue weighted by Crippen LogP contribution is 2.36. The van der Waals surface area contributed by atoms with Crippen molar-refractivity contribution in [3.63, 3.8) is 0 Å².